The molecule has 7 heteroatoms. The summed E-state index contributed by atoms with van der Waals surface area (Å²) in [6.45, 7) is 1.34. The first-order chi connectivity index (χ1) is 11.9. The van der Waals surface area contributed by atoms with Gasteiger partial charge in [0.1, 0.15) is 0 Å². The van der Waals surface area contributed by atoms with E-state index in [4.69, 9.17) is 4.74 Å². The molecule has 0 saturated heterocycles. The first-order valence-corrected chi connectivity index (χ1v) is 8.12. The van der Waals surface area contributed by atoms with E-state index in [9.17, 15) is 14.4 Å². The van der Waals surface area contributed by atoms with E-state index in [1.54, 1.807) is 43.3 Å². The third kappa shape index (κ3) is 4.90. The number of aryl methyl sites for hydroxylation is 1. The lowest BCUT2D eigenvalue weighted by Crippen LogP contribution is -2.21. The van der Waals surface area contributed by atoms with Gasteiger partial charge in [0.25, 0.3) is 5.91 Å². The second-order valence-electron chi connectivity index (χ2n) is 5.13. The Kier molecular flexibility index (Phi) is 6.30. The van der Waals surface area contributed by atoms with Gasteiger partial charge < -0.3 is 14.8 Å². The predicted molar refractivity (Wildman–Crippen MR) is 95.6 cm³/mol. The van der Waals surface area contributed by atoms with Gasteiger partial charge in [-0.15, -0.1) is 0 Å². The number of amides is 1. The highest BCUT2D eigenvalue weighted by Gasteiger charge is 2.14. The van der Waals surface area contributed by atoms with Gasteiger partial charge in [0.2, 0.25) is 0 Å². The molecule has 0 spiro atoms. The monoisotopic (exact) mass is 405 g/mol. The van der Waals surface area contributed by atoms with Crippen LogP contribution in [0.25, 0.3) is 0 Å². The second kappa shape index (κ2) is 8.43. The van der Waals surface area contributed by atoms with Crippen molar-refractivity contribution in [1.29, 1.82) is 0 Å². The molecule has 0 unspecified atom stereocenters. The van der Waals surface area contributed by atoms with Gasteiger partial charge in [-0.3, -0.25) is 4.79 Å². The highest BCUT2D eigenvalue weighted by molar-refractivity contribution is 9.10. The summed E-state index contributed by atoms with van der Waals surface area (Å²) in [6.07, 6.45) is 0. The molecule has 0 radical (unpaired) electrons. The predicted octanol–water partition coefficient (Wildman–Crippen LogP) is 3.34. The number of hydrogen-bond acceptors (Lipinski definition) is 5. The van der Waals surface area contributed by atoms with E-state index >= 15 is 0 Å². The fourth-order valence-electron chi connectivity index (χ4n) is 2.02. The summed E-state index contributed by atoms with van der Waals surface area (Å²) in [5.41, 5.74) is 1.86. The lowest BCUT2D eigenvalue weighted by Gasteiger charge is -2.11. The van der Waals surface area contributed by atoms with Crippen LogP contribution in [-0.4, -0.2) is 31.6 Å². The van der Waals surface area contributed by atoms with E-state index in [-0.39, 0.29) is 0 Å². The minimum Gasteiger partial charge on any atom is -0.465 e. The van der Waals surface area contributed by atoms with E-state index in [2.05, 4.69) is 26.0 Å². The maximum absolute atomic E-state index is 12.0. The van der Waals surface area contributed by atoms with Crippen molar-refractivity contribution in [2.45, 2.75) is 6.92 Å². The summed E-state index contributed by atoms with van der Waals surface area (Å²) in [4.78, 5) is 35.6. The lowest BCUT2D eigenvalue weighted by atomic mass is 10.1. The average Bonchev–Trinajstić information content (AvgIpc) is 2.61. The number of ether oxygens (including phenoxy) is 2. The number of rotatable bonds is 5. The Bertz CT molecular complexity index is 819. The van der Waals surface area contributed by atoms with Crippen molar-refractivity contribution in [3.63, 3.8) is 0 Å². The van der Waals surface area contributed by atoms with Gasteiger partial charge in [-0.05, 0) is 52.7 Å². The highest BCUT2D eigenvalue weighted by atomic mass is 79.9. The van der Waals surface area contributed by atoms with Crippen molar-refractivity contribution in [1.82, 2.24) is 0 Å². The van der Waals surface area contributed by atoms with Gasteiger partial charge in [-0.25, -0.2) is 9.59 Å². The Balaban J connectivity index is 2.00. The normalized spacial score (nSPS) is 10.0. The topological polar surface area (TPSA) is 81.7 Å². The summed E-state index contributed by atoms with van der Waals surface area (Å²) in [5, 5.41) is 2.62. The van der Waals surface area contributed by atoms with E-state index < -0.39 is 24.5 Å². The largest absolute Gasteiger partial charge is 0.465 e. The summed E-state index contributed by atoms with van der Waals surface area (Å²) in [6, 6.07) is 11.6. The Morgan fingerprint density at radius 3 is 2.48 bits per heavy atom. The van der Waals surface area contributed by atoms with Gasteiger partial charge >= 0.3 is 11.9 Å². The molecule has 0 atom stereocenters. The van der Waals surface area contributed by atoms with Crippen LogP contribution in [0.2, 0.25) is 0 Å². The van der Waals surface area contributed by atoms with Crippen LogP contribution >= 0.6 is 15.9 Å². The van der Waals surface area contributed by atoms with Crippen molar-refractivity contribution in [3.05, 3.63) is 63.6 Å². The number of benzene rings is 2. The molecule has 2 aromatic carbocycles. The van der Waals surface area contributed by atoms with Crippen molar-refractivity contribution in [2.24, 2.45) is 0 Å². The van der Waals surface area contributed by atoms with Crippen LogP contribution in [0, 0.1) is 6.92 Å². The molecule has 0 fully saturated rings. The molecule has 0 saturated carbocycles. The van der Waals surface area contributed by atoms with Gasteiger partial charge in [-0.2, -0.15) is 0 Å². The summed E-state index contributed by atoms with van der Waals surface area (Å²) < 4.78 is 10.2. The maximum atomic E-state index is 12.0. The molecule has 2 aromatic rings. The third-order valence-corrected chi connectivity index (χ3v) is 4.05. The zero-order valence-electron chi connectivity index (χ0n) is 13.7. The number of carbonyl (C=O) groups is 3. The van der Waals surface area contributed by atoms with Crippen LogP contribution in [0.15, 0.2) is 46.9 Å². The number of halogens is 1. The molecule has 25 heavy (non-hydrogen) atoms. The molecule has 6 nitrogen and oxygen atoms in total. The molecular weight excluding hydrogens is 390 g/mol. The zero-order chi connectivity index (χ0) is 18.4. The van der Waals surface area contributed by atoms with E-state index in [0.717, 1.165) is 5.56 Å². The maximum Gasteiger partial charge on any atom is 0.339 e. The summed E-state index contributed by atoms with van der Waals surface area (Å²) >= 11 is 3.25. The van der Waals surface area contributed by atoms with Gasteiger partial charge in [0.05, 0.1) is 18.2 Å². The second-order valence-corrected chi connectivity index (χ2v) is 5.98. The van der Waals surface area contributed by atoms with Crippen LogP contribution < -0.4 is 5.32 Å². The molecule has 130 valence electrons. The molecular formula is C18H16BrNO5. The third-order valence-electron chi connectivity index (χ3n) is 3.36. The molecule has 0 bridgehead atoms. The molecule has 0 aliphatic heterocycles. The molecule has 0 aliphatic rings. The Labute approximate surface area is 153 Å². The van der Waals surface area contributed by atoms with Crippen molar-refractivity contribution in [2.75, 3.05) is 19.0 Å². The van der Waals surface area contributed by atoms with E-state index in [1.165, 1.54) is 13.2 Å². The number of nitrogens with one attached hydrogen (secondary N) is 1. The molecule has 2 rings (SSSR count). The van der Waals surface area contributed by atoms with Crippen molar-refractivity contribution >= 4 is 39.5 Å². The van der Waals surface area contributed by atoms with Crippen LogP contribution in [0.5, 0.6) is 0 Å². The minimum atomic E-state index is -0.609. The van der Waals surface area contributed by atoms with Crippen LogP contribution in [0.4, 0.5) is 5.69 Å². The number of hydrogen-bond donors (Lipinski definition) is 1. The number of methoxy groups -OCH3 is 1. The molecule has 1 N–H and O–H groups in total. The van der Waals surface area contributed by atoms with Crippen LogP contribution in [0.3, 0.4) is 0 Å². The Morgan fingerprint density at radius 2 is 1.80 bits per heavy atom. The summed E-state index contributed by atoms with van der Waals surface area (Å²) in [5.74, 6) is -1.62. The highest BCUT2D eigenvalue weighted by Crippen LogP contribution is 2.18. The minimum absolute atomic E-state index is 0.314. The number of anilines is 1. The first kappa shape index (κ1) is 18.7. The standard InChI is InChI=1S/C18H16BrNO5/c1-11-7-8-12(17(22)24-2)9-15(11)20-16(21)10-25-18(23)13-5-3-4-6-14(13)19/h3-9H,10H2,1-2H3,(H,20,21). The Morgan fingerprint density at radius 1 is 1.08 bits per heavy atom. The number of esters is 2. The zero-order valence-corrected chi connectivity index (χ0v) is 15.3. The van der Waals surface area contributed by atoms with Crippen molar-refractivity contribution < 1.29 is 23.9 Å². The SMILES string of the molecule is COC(=O)c1ccc(C)c(NC(=O)COC(=O)c2ccccc2Br)c1. The first-order valence-electron chi connectivity index (χ1n) is 7.33. The van der Waals surface area contributed by atoms with E-state index in [0.29, 0.717) is 21.3 Å². The fraction of sp³-hybridized carbons (Fsp3) is 0.167. The Hall–Kier alpha value is -2.67. The number of carbonyl (C=O) groups excluding carboxylic acids is 3. The van der Waals surface area contributed by atoms with Crippen LogP contribution in [0.1, 0.15) is 26.3 Å². The molecule has 1 amide bonds. The molecule has 0 heterocycles. The van der Waals surface area contributed by atoms with Gasteiger partial charge in [0.15, 0.2) is 6.61 Å². The smallest absolute Gasteiger partial charge is 0.339 e. The van der Waals surface area contributed by atoms with Crippen molar-refractivity contribution in [3.8, 4) is 0 Å². The average molecular weight is 406 g/mol. The fourth-order valence-corrected chi connectivity index (χ4v) is 2.47. The molecule has 0 aromatic heterocycles. The van der Waals surface area contributed by atoms with Crippen LogP contribution in [-0.2, 0) is 14.3 Å². The van der Waals surface area contributed by atoms with E-state index in [1.807, 2.05) is 0 Å². The van der Waals surface area contributed by atoms with Gasteiger partial charge in [0, 0.05) is 10.2 Å². The molecule has 0 aliphatic carbocycles. The van der Waals surface area contributed by atoms with Gasteiger partial charge in [-0.1, -0.05) is 18.2 Å². The quantitative estimate of drug-likeness (QED) is 0.771. The summed E-state index contributed by atoms with van der Waals surface area (Å²) in [7, 11) is 1.28. The lowest BCUT2D eigenvalue weighted by molar-refractivity contribution is -0.119.